The fourth-order valence-electron chi connectivity index (χ4n) is 6.73. The third-order valence-corrected chi connectivity index (χ3v) is 8.58. The molecule has 1 aliphatic carbocycles. The highest BCUT2D eigenvalue weighted by Gasteiger charge is 2.36. The second-order valence-electron chi connectivity index (χ2n) is 11.0. The fraction of sp³-hybridized carbons (Fsp3) is 0.0811. The summed E-state index contributed by atoms with van der Waals surface area (Å²) >= 11 is 0. The van der Waals surface area contributed by atoms with Crippen molar-refractivity contribution >= 4 is 32.6 Å². The minimum Gasteiger partial charge on any atom is -0.309 e. The van der Waals surface area contributed by atoms with Crippen LogP contribution >= 0.6 is 0 Å². The number of hydrogen-bond acceptors (Lipinski definition) is 0. The summed E-state index contributed by atoms with van der Waals surface area (Å²) in [6, 6.07) is 46.9. The third-order valence-electron chi connectivity index (χ3n) is 8.58. The summed E-state index contributed by atoms with van der Waals surface area (Å²) in [6.07, 6.45) is 0. The van der Waals surface area contributed by atoms with E-state index in [9.17, 15) is 0 Å². The van der Waals surface area contributed by atoms with Crippen LogP contribution < -0.4 is 0 Å². The zero-order valence-electron chi connectivity index (χ0n) is 21.6. The van der Waals surface area contributed by atoms with Gasteiger partial charge in [-0.15, -0.1) is 0 Å². The molecule has 1 heteroatoms. The van der Waals surface area contributed by atoms with E-state index in [1.807, 2.05) is 0 Å². The third kappa shape index (κ3) is 2.87. The van der Waals surface area contributed by atoms with Gasteiger partial charge in [0.15, 0.2) is 0 Å². The van der Waals surface area contributed by atoms with Crippen molar-refractivity contribution in [2.24, 2.45) is 0 Å². The topological polar surface area (TPSA) is 4.93 Å². The number of hydrogen-bond donors (Lipinski definition) is 0. The fourth-order valence-corrected chi connectivity index (χ4v) is 6.73. The largest absolute Gasteiger partial charge is 0.309 e. The van der Waals surface area contributed by atoms with Gasteiger partial charge in [-0.1, -0.05) is 111 Å². The van der Waals surface area contributed by atoms with Crippen molar-refractivity contribution in [2.45, 2.75) is 19.3 Å². The molecule has 38 heavy (non-hydrogen) atoms. The normalized spacial score (nSPS) is 13.7. The Bertz CT molecular complexity index is 2050. The minimum absolute atomic E-state index is 0.0163. The van der Waals surface area contributed by atoms with Gasteiger partial charge in [0.05, 0.1) is 11.0 Å². The Morgan fingerprint density at radius 1 is 0.474 bits per heavy atom. The molecule has 0 bridgehead atoms. The van der Waals surface area contributed by atoms with Crippen LogP contribution in [0.1, 0.15) is 25.0 Å². The summed E-state index contributed by atoms with van der Waals surface area (Å²) in [7, 11) is 0. The quantitative estimate of drug-likeness (QED) is 0.230. The van der Waals surface area contributed by atoms with Crippen LogP contribution in [0.3, 0.4) is 0 Å². The lowest BCUT2D eigenvalue weighted by molar-refractivity contribution is 0.661. The van der Waals surface area contributed by atoms with E-state index in [1.165, 1.54) is 71.6 Å². The lowest BCUT2D eigenvalue weighted by Gasteiger charge is -2.21. The number of rotatable bonds is 2. The first-order valence-electron chi connectivity index (χ1n) is 13.4. The van der Waals surface area contributed by atoms with Gasteiger partial charge in [-0.3, -0.25) is 0 Å². The molecule has 0 unspecified atom stereocenters. The van der Waals surface area contributed by atoms with Crippen LogP contribution in [0, 0.1) is 0 Å². The first kappa shape index (κ1) is 21.5. The molecule has 0 fully saturated rings. The van der Waals surface area contributed by atoms with Crippen LogP contribution in [0.4, 0.5) is 0 Å². The van der Waals surface area contributed by atoms with Crippen molar-refractivity contribution in [3.8, 4) is 27.9 Å². The number of fused-ring (bicyclic) bond motifs is 7. The molecule has 1 aliphatic rings. The predicted octanol–water partition coefficient (Wildman–Crippen LogP) is 9.91. The molecule has 8 rings (SSSR count). The van der Waals surface area contributed by atoms with Crippen LogP contribution in [-0.2, 0) is 5.41 Å². The highest BCUT2D eigenvalue weighted by atomic mass is 15.0. The molecule has 1 heterocycles. The van der Waals surface area contributed by atoms with Crippen LogP contribution in [0.25, 0.3) is 60.5 Å². The van der Waals surface area contributed by atoms with E-state index in [2.05, 4.69) is 146 Å². The summed E-state index contributed by atoms with van der Waals surface area (Å²) < 4.78 is 2.45. The smallest absolute Gasteiger partial charge is 0.0547 e. The highest BCUT2D eigenvalue weighted by Crippen LogP contribution is 2.51. The molecular formula is C37H27N. The molecule has 0 aliphatic heterocycles. The molecule has 6 aromatic carbocycles. The molecule has 1 aromatic heterocycles. The van der Waals surface area contributed by atoms with Crippen molar-refractivity contribution in [1.29, 1.82) is 0 Å². The van der Waals surface area contributed by atoms with Crippen LogP contribution in [0.2, 0.25) is 0 Å². The van der Waals surface area contributed by atoms with Gasteiger partial charge in [-0.05, 0) is 74.5 Å². The SMILES string of the molecule is CC1(C)c2ccccc2-c2cc3c(cc21)c1ccccc1n3-c1cccc(-c2cccc3ccccc23)c1. The molecule has 0 saturated heterocycles. The average Bonchev–Trinajstić information content (AvgIpc) is 3.40. The summed E-state index contributed by atoms with van der Waals surface area (Å²) in [5, 5.41) is 5.17. The molecule has 0 atom stereocenters. The van der Waals surface area contributed by atoms with E-state index < -0.39 is 0 Å². The second-order valence-corrected chi connectivity index (χ2v) is 11.0. The molecular weight excluding hydrogens is 458 g/mol. The molecule has 0 spiro atoms. The Morgan fingerprint density at radius 2 is 1.18 bits per heavy atom. The Labute approximate surface area is 222 Å². The molecule has 0 N–H and O–H groups in total. The van der Waals surface area contributed by atoms with E-state index in [1.54, 1.807) is 0 Å². The number of nitrogens with zero attached hydrogens (tertiary/aromatic N) is 1. The first-order chi connectivity index (χ1) is 18.6. The van der Waals surface area contributed by atoms with Gasteiger partial charge in [0.25, 0.3) is 0 Å². The van der Waals surface area contributed by atoms with Crippen molar-refractivity contribution in [1.82, 2.24) is 4.57 Å². The maximum absolute atomic E-state index is 2.46. The Kier molecular flexibility index (Phi) is 4.35. The summed E-state index contributed by atoms with van der Waals surface area (Å²) in [5.74, 6) is 0. The standard InChI is InChI=1S/C37H27N/c1-37(2)33-19-7-5-16-29(33)31-23-36-32(22-34(31)37)30-17-6-8-20-35(30)38(36)26-14-9-13-25(21-26)28-18-10-12-24-11-3-4-15-27(24)28/h3-23H,1-2H3. The lowest BCUT2D eigenvalue weighted by Crippen LogP contribution is -2.14. The van der Waals surface area contributed by atoms with Crippen molar-refractivity contribution in [2.75, 3.05) is 0 Å². The highest BCUT2D eigenvalue weighted by molar-refractivity contribution is 6.11. The van der Waals surface area contributed by atoms with Gasteiger partial charge in [-0.25, -0.2) is 0 Å². The monoisotopic (exact) mass is 485 g/mol. The van der Waals surface area contributed by atoms with E-state index in [0.29, 0.717) is 0 Å². The Morgan fingerprint density at radius 3 is 2.11 bits per heavy atom. The Hall–Kier alpha value is -4.62. The summed E-state index contributed by atoms with van der Waals surface area (Å²) in [4.78, 5) is 0. The minimum atomic E-state index is -0.0163. The number of aromatic nitrogens is 1. The van der Waals surface area contributed by atoms with E-state index in [4.69, 9.17) is 0 Å². The van der Waals surface area contributed by atoms with E-state index in [0.717, 1.165) is 0 Å². The second kappa shape index (κ2) is 7.69. The van der Waals surface area contributed by atoms with E-state index in [-0.39, 0.29) is 5.41 Å². The molecule has 7 aromatic rings. The number of para-hydroxylation sites is 1. The van der Waals surface area contributed by atoms with Crippen molar-refractivity contribution in [3.05, 3.63) is 139 Å². The molecule has 180 valence electrons. The van der Waals surface area contributed by atoms with Gasteiger partial charge >= 0.3 is 0 Å². The van der Waals surface area contributed by atoms with Gasteiger partial charge in [0.2, 0.25) is 0 Å². The van der Waals surface area contributed by atoms with Crippen LogP contribution in [-0.4, -0.2) is 4.57 Å². The maximum atomic E-state index is 2.46. The maximum Gasteiger partial charge on any atom is 0.0547 e. The summed E-state index contributed by atoms with van der Waals surface area (Å²) in [6.45, 7) is 4.71. The first-order valence-corrected chi connectivity index (χ1v) is 13.4. The van der Waals surface area contributed by atoms with Crippen molar-refractivity contribution in [3.63, 3.8) is 0 Å². The zero-order valence-corrected chi connectivity index (χ0v) is 21.6. The molecule has 0 saturated carbocycles. The number of benzene rings is 6. The van der Waals surface area contributed by atoms with Crippen LogP contribution in [0.5, 0.6) is 0 Å². The Balaban J connectivity index is 1.42. The molecule has 0 amide bonds. The average molecular weight is 486 g/mol. The molecule has 0 radical (unpaired) electrons. The van der Waals surface area contributed by atoms with Crippen LogP contribution in [0.15, 0.2) is 127 Å². The van der Waals surface area contributed by atoms with Gasteiger partial charge in [0.1, 0.15) is 0 Å². The predicted molar refractivity (Wildman–Crippen MR) is 161 cm³/mol. The lowest BCUT2D eigenvalue weighted by atomic mass is 9.82. The van der Waals surface area contributed by atoms with Gasteiger partial charge in [-0.2, -0.15) is 0 Å². The molecule has 1 nitrogen and oxygen atoms in total. The van der Waals surface area contributed by atoms with Gasteiger partial charge in [0, 0.05) is 21.9 Å². The van der Waals surface area contributed by atoms with Gasteiger partial charge < -0.3 is 4.57 Å². The van der Waals surface area contributed by atoms with E-state index >= 15 is 0 Å². The zero-order chi connectivity index (χ0) is 25.4. The van der Waals surface area contributed by atoms with Crippen molar-refractivity contribution < 1.29 is 0 Å². The summed E-state index contributed by atoms with van der Waals surface area (Å²) in [5.41, 5.74) is 11.7.